The fourth-order valence-corrected chi connectivity index (χ4v) is 4.07. The van der Waals surface area contributed by atoms with Gasteiger partial charge in [-0.1, -0.05) is 45.0 Å². The number of imide groups is 1. The molecule has 0 aliphatic carbocycles. The normalized spacial score (nSPS) is 14.2. The van der Waals surface area contributed by atoms with Gasteiger partial charge in [0.05, 0.1) is 29.9 Å². The highest BCUT2D eigenvalue weighted by Gasteiger charge is 2.41. The van der Waals surface area contributed by atoms with Gasteiger partial charge in [-0.05, 0) is 36.2 Å². The van der Waals surface area contributed by atoms with Gasteiger partial charge in [0.15, 0.2) is 0 Å². The van der Waals surface area contributed by atoms with Crippen LogP contribution in [0.2, 0.25) is 0 Å². The van der Waals surface area contributed by atoms with Crippen LogP contribution in [0.4, 0.5) is 5.69 Å². The lowest BCUT2D eigenvalue weighted by Crippen LogP contribution is -2.31. The molecule has 2 aromatic rings. The van der Waals surface area contributed by atoms with Crippen molar-refractivity contribution in [3.8, 4) is 11.5 Å². The molecule has 1 aliphatic heterocycles. The van der Waals surface area contributed by atoms with E-state index in [0.717, 1.165) is 12.2 Å². The summed E-state index contributed by atoms with van der Waals surface area (Å²) in [5, 5.41) is 0.154. The summed E-state index contributed by atoms with van der Waals surface area (Å²) in [4.78, 5) is 28.3. The Kier molecular flexibility index (Phi) is 6.64. The van der Waals surface area contributed by atoms with E-state index >= 15 is 0 Å². The molecule has 0 N–H and O–H groups in total. The van der Waals surface area contributed by atoms with Crippen molar-refractivity contribution in [1.29, 1.82) is 0 Å². The lowest BCUT2D eigenvalue weighted by molar-refractivity contribution is -0.119. The molecule has 0 fully saturated rings. The summed E-state index contributed by atoms with van der Waals surface area (Å²) in [7, 11) is 1.52. The first kappa shape index (κ1) is 21.0. The summed E-state index contributed by atoms with van der Waals surface area (Å²) < 4.78 is 11.0. The molecule has 152 valence electrons. The minimum Gasteiger partial charge on any atom is -0.495 e. The third kappa shape index (κ3) is 4.32. The van der Waals surface area contributed by atoms with Crippen LogP contribution >= 0.6 is 11.8 Å². The maximum Gasteiger partial charge on any atom is 0.272 e. The third-order valence-electron chi connectivity index (χ3n) is 4.34. The van der Waals surface area contributed by atoms with Crippen LogP contribution in [0.25, 0.3) is 5.57 Å². The Morgan fingerprint density at radius 1 is 1.00 bits per heavy atom. The fraction of sp³-hybridized carbons (Fsp3) is 0.304. The summed E-state index contributed by atoms with van der Waals surface area (Å²) in [6.45, 7) is 6.68. The number of amides is 2. The number of hydrogen-bond donors (Lipinski definition) is 0. The van der Waals surface area contributed by atoms with Crippen LogP contribution in [0, 0.1) is 0 Å². The van der Waals surface area contributed by atoms with Crippen molar-refractivity contribution in [2.45, 2.75) is 32.4 Å². The Morgan fingerprint density at radius 3 is 2.31 bits per heavy atom. The number of hydrogen-bond acceptors (Lipinski definition) is 5. The van der Waals surface area contributed by atoms with Crippen molar-refractivity contribution in [2.24, 2.45) is 0 Å². The van der Waals surface area contributed by atoms with Gasteiger partial charge in [0.2, 0.25) is 0 Å². The number of thioether (sulfide) groups is 1. The van der Waals surface area contributed by atoms with Gasteiger partial charge in [0, 0.05) is 5.25 Å². The molecular weight excluding hydrogens is 386 g/mol. The molecule has 2 aromatic carbocycles. The standard InChI is InChI=1S/C23H25NO4S/c1-5-14-28-17-12-10-16(11-13-17)20-21(29-15(2)3)23(26)24(22(20)25)18-8-6-7-9-19(18)27-4/h6-13,15H,5,14H2,1-4H3. The van der Waals surface area contributed by atoms with Crippen LogP contribution in [0.15, 0.2) is 53.4 Å². The molecule has 1 heterocycles. The maximum absolute atomic E-state index is 13.4. The Morgan fingerprint density at radius 2 is 1.69 bits per heavy atom. The zero-order chi connectivity index (χ0) is 21.0. The van der Waals surface area contributed by atoms with E-state index in [2.05, 4.69) is 0 Å². The quantitative estimate of drug-likeness (QED) is 0.578. The minimum atomic E-state index is -0.343. The largest absolute Gasteiger partial charge is 0.495 e. The maximum atomic E-state index is 13.4. The second-order valence-electron chi connectivity index (χ2n) is 6.86. The van der Waals surface area contributed by atoms with Crippen molar-refractivity contribution in [2.75, 3.05) is 18.6 Å². The SMILES string of the molecule is CCCOc1ccc(C2=C(SC(C)C)C(=O)N(c3ccccc3OC)C2=O)cc1. The van der Waals surface area contributed by atoms with Crippen LogP contribution in [0.1, 0.15) is 32.8 Å². The molecule has 0 unspecified atom stereocenters. The number of benzene rings is 2. The molecule has 0 radical (unpaired) electrons. The monoisotopic (exact) mass is 411 g/mol. The second kappa shape index (κ2) is 9.18. The zero-order valence-corrected chi connectivity index (χ0v) is 17.9. The molecule has 0 aromatic heterocycles. The van der Waals surface area contributed by atoms with E-state index in [1.54, 1.807) is 24.3 Å². The highest BCUT2D eigenvalue weighted by atomic mass is 32.2. The van der Waals surface area contributed by atoms with Gasteiger partial charge in [-0.3, -0.25) is 9.59 Å². The highest BCUT2D eigenvalue weighted by molar-refractivity contribution is 8.04. The number of para-hydroxylation sites is 2. The minimum absolute atomic E-state index is 0.154. The number of methoxy groups -OCH3 is 1. The van der Waals surface area contributed by atoms with Gasteiger partial charge >= 0.3 is 0 Å². The molecule has 0 spiro atoms. The van der Waals surface area contributed by atoms with Gasteiger partial charge in [-0.2, -0.15) is 0 Å². The molecule has 0 atom stereocenters. The average molecular weight is 412 g/mol. The summed E-state index contributed by atoms with van der Waals surface area (Å²) in [5.41, 5.74) is 1.57. The molecule has 0 bridgehead atoms. The van der Waals surface area contributed by atoms with E-state index in [9.17, 15) is 9.59 Å². The van der Waals surface area contributed by atoms with E-state index in [1.807, 2.05) is 45.0 Å². The van der Waals surface area contributed by atoms with Gasteiger partial charge in [-0.25, -0.2) is 4.90 Å². The van der Waals surface area contributed by atoms with Crippen LogP contribution in [-0.4, -0.2) is 30.8 Å². The predicted octanol–water partition coefficient (Wildman–Crippen LogP) is 4.91. The first-order valence-electron chi connectivity index (χ1n) is 9.63. The third-order valence-corrected chi connectivity index (χ3v) is 5.42. The van der Waals surface area contributed by atoms with Gasteiger partial charge < -0.3 is 9.47 Å². The smallest absolute Gasteiger partial charge is 0.272 e. The molecule has 1 aliphatic rings. The van der Waals surface area contributed by atoms with Crippen molar-refractivity contribution in [3.63, 3.8) is 0 Å². The summed E-state index contributed by atoms with van der Waals surface area (Å²) in [6.07, 6.45) is 0.920. The molecule has 0 saturated heterocycles. The van der Waals surface area contributed by atoms with Crippen LogP contribution in [-0.2, 0) is 9.59 Å². The van der Waals surface area contributed by atoms with Gasteiger partial charge in [0.25, 0.3) is 11.8 Å². The molecular formula is C23H25NO4S. The Bertz CT molecular complexity index is 934. The Labute approximate surface area is 175 Å². The number of carbonyl (C=O) groups excluding carboxylic acids is 2. The van der Waals surface area contributed by atoms with E-state index in [0.29, 0.717) is 34.1 Å². The first-order valence-corrected chi connectivity index (χ1v) is 10.5. The number of carbonyl (C=O) groups is 2. The Balaban J connectivity index is 2.03. The predicted molar refractivity (Wildman–Crippen MR) is 117 cm³/mol. The summed E-state index contributed by atoms with van der Waals surface area (Å²) >= 11 is 1.40. The fourth-order valence-electron chi connectivity index (χ4n) is 3.08. The first-order chi connectivity index (χ1) is 14.0. The number of nitrogens with zero attached hydrogens (tertiary/aromatic N) is 1. The molecule has 3 rings (SSSR count). The van der Waals surface area contributed by atoms with E-state index < -0.39 is 0 Å². The second-order valence-corrected chi connectivity index (χ2v) is 8.45. The number of anilines is 1. The molecule has 6 heteroatoms. The molecule has 5 nitrogen and oxygen atoms in total. The molecule has 0 saturated carbocycles. The molecule has 2 amide bonds. The van der Waals surface area contributed by atoms with Crippen molar-refractivity contribution in [3.05, 3.63) is 59.0 Å². The zero-order valence-electron chi connectivity index (χ0n) is 17.1. The van der Waals surface area contributed by atoms with Crippen LogP contribution in [0.5, 0.6) is 11.5 Å². The number of ether oxygens (including phenoxy) is 2. The average Bonchev–Trinajstić information content (AvgIpc) is 2.96. The lowest BCUT2D eigenvalue weighted by Gasteiger charge is -2.18. The summed E-state index contributed by atoms with van der Waals surface area (Å²) in [6, 6.07) is 14.4. The highest BCUT2D eigenvalue weighted by Crippen LogP contribution is 2.42. The van der Waals surface area contributed by atoms with Gasteiger partial charge in [-0.15, -0.1) is 11.8 Å². The van der Waals surface area contributed by atoms with E-state index in [1.165, 1.54) is 23.8 Å². The van der Waals surface area contributed by atoms with Crippen LogP contribution in [0.3, 0.4) is 0 Å². The van der Waals surface area contributed by atoms with Crippen molar-refractivity contribution in [1.82, 2.24) is 0 Å². The topological polar surface area (TPSA) is 55.8 Å². The van der Waals surface area contributed by atoms with Crippen molar-refractivity contribution >= 4 is 34.8 Å². The van der Waals surface area contributed by atoms with E-state index in [4.69, 9.17) is 9.47 Å². The van der Waals surface area contributed by atoms with Gasteiger partial charge in [0.1, 0.15) is 11.5 Å². The van der Waals surface area contributed by atoms with Crippen molar-refractivity contribution < 1.29 is 19.1 Å². The van der Waals surface area contributed by atoms with E-state index in [-0.39, 0.29) is 17.1 Å². The number of rotatable bonds is 8. The van der Waals surface area contributed by atoms with Crippen LogP contribution < -0.4 is 14.4 Å². The lowest BCUT2D eigenvalue weighted by atomic mass is 10.1. The summed E-state index contributed by atoms with van der Waals surface area (Å²) in [5.74, 6) is 0.560. The molecule has 29 heavy (non-hydrogen) atoms. The Hall–Kier alpha value is -2.73.